The summed E-state index contributed by atoms with van der Waals surface area (Å²) in [5.74, 6) is -0.904. The molecule has 0 fully saturated rings. The largest absolute Gasteiger partial charge is 0.478 e. The van der Waals surface area contributed by atoms with Crippen molar-refractivity contribution in [2.24, 2.45) is 0 Å². The van der Waals surface area contributed by atoms with Crippen molar-refractivity contribution in [1.29, 1.82) is 0 Å². The second kappa shape index (κ2) is 4.59. The van der Waals surface area contributed by atoms with Crippen LogP contribution in [0.4, 0.5) is 0 Å². The van der Waals surface area contributed by atoms with Crippen LogP contribution in [-0.2, 0) is 6.42 Å². The van der Waals surface area contributed by atoms with Gasteiger partial charge >= 0.3 is 5.97 Å². The van der Waals surface area contributed by atoms with Gasteiger partial charge in [0, 0.05) is 23.7 Å². The Labute approximate surface area is 98.9 Å². The highest BCUT2D eigenvalue weighted by Gasteiger charge is 2.11. The summed E-state index contributed by atoms with van der Waals surface area (Å²) in [7, 11) is 0. The lowest BCUT2D eigenvalue weighted by atomic mass is 10.0. The van der Waals surface area contributed by atoms with Gasteiger partial charge in [-0.3, -0.25) is 0 Å². The van der Waals surface area contributed by atoms with E-state index in [-0.39, 0.29) is 6.61 Å². The number of H-pyrrole nitrogens is 1. The minimum absolute atomic E-state index is 0.143. The molecule has 0 atom stereocenters. The van der Waals surface area contributed by atoms with Gasteiger partial charge in [0.15, 0.2) is 0 Å². The molecule has 0 unspecified atom stereocenters. The van der Waals surface area contributed by atoms with E-state index in [2.05, 4.69) is 4.98 Å². The fourth-order valence-corrected chi connectivity index (χ4v) is 2.04. The molecule has 1 aromatic heterocycles. The van der Waals surface area contributed by atoms with Gasteiger partial charge in [0.25, 0.3) is 0 Å². The van der Waals surface area contributed by atoms with Crippen molar-refractivity contribution in [2.75, 3.05) is 6.61 Å². The molecule has 0 amide bonds. The maximum Gasteiger partial charge on any atom is 0.335 e. The van der Waals surface area contributed by atoms with Crippen LogP contribution in [0.15, 0.2) is 18.3 Å². The van der Waals surface area contributed by atoms with Gasteiger partial charge in [-0.15, -0.1) is 0 Å². The van der Waals surface area contributed by atoms with Crippen molar-refractivity contribution in [3.8, 4) is 0 Å². The molecular weight excluding hydrogens is 218 g/mol. The van der Waals surface area contributed by atoms with Gasteiger partial charge < -0.3 is 15.2 Å². The van der Waals surface area contributed by atoms with Gasteiger partial charge in [0.2, 0.25) is 0 Å². The lowest BCUT2D eigenvalue weighted by molar-refractivity contribution is 0.0696. The summed E-state index contributed by atoms with van der Waals surface area (Å²) in [5, 5.41) is 18.8. The molecule has 0 bridgehead atoms. The number of aromatic amines is 1. The first-order valence-corrected chi connectivity index (χ1v) is 5.58. The Morgan fingerprint density at radius 1 is 1.41 bits per heavy atom. The first-order chi connectivity index (χ1) is 8.13. The molecule has 4 nitrogen and oxygen atoms in total. The highest BCUT2D eigenvalue weighted by atomic mass is 16.4. The second-order valence-electron chi connectivity index (χ2n) is 4.16. The van der Waals surface area contributed by atoms with E-state index >= 15 is 0 Å². The van der Waals surface area contributed by atoms with Crippen LogP contribution in [0.25, 0.3) is 10.9 Å². The molecule has 90 valence electrons. The quantitative estimate of drug-likeness (QED) is 0.757. The molecule has 0 aliphatic carbocycles. The number of aliphatic hydroxyl groups is 1. The molecular formula is C13H15NO3. The average Bonchev–Trinajstić information content (AvgIpc) is 2.67. The Morgan fingerprint density at radius 2 is 2.18 bits per heavy atom. The monoisotopic (exact) mass is 233 g/mol. The molecule has 1 heterocycles. The maximum atomic E-state index is 11.1. The molecule has 0 saturated heterocycles. The van der Waals surface area contributed by atoms with Crippen molar-refractivity contribution < 1.29 is 15.0 Å². The Kier molecular flexibility index (Phi) is 3.15. The first-order valence-electron chi connectivity index (χ1n) is 5.58. The molecule has 0 spiro atoms. The zero-order valence-corrected chi connectivity index (χ0v) is 9.66. The van der Waals surface area contributed by atoms with Crippen LogP contribution in [0.1, 0.15) is 27.9 Å². The molecule has 4 heteroatoms. The van der Waals surface area contributed by atoms with E-state index in [1.807, 2.05) is 12.3 Å². The summed E-state index contributed by atoms with van der Waals surface area (Å²) in [6, 6.07) is 3.55. The van der Waals surface area contributed by atoms with Crippen molar-refractivity contribution in [2.45, 2.75) is 19.8 Å². The molecule has 0 aliphatic heterocycles. The Bertz CT molecular complexity index is 557. The summed E-state index contributed by atoms with van der Waals surface area (Å²) < 4.78 is 0. The van der Waals surface area contributed by atoms with Crippen LogP contribution in [-0.4, -0.2) is 27.8 Å². The SMILES string of the molecule is Cc1cc2[nH]cc(CCCO)c2cc1C(=O)O. The number of aliphatic hydroxyl groups excluding tert-OH is 1. The third kappa shape index (κ3) is 2.17. The van der Waals surface area contributed by atoms with Gasteiger partial charge in [-0.2, -0.15) is 0 Å². The summed E-state index contributed by atoms with van der Waals surface area (Å²) in [4.78, 5) is 14.2. The molecule has 1 aromatic carbocycles. The summed E-state index contributed by atoms with van der Waals surface area (Å²) in [6.45, 7) is 1.93. The number of carbonyl (C=O) groups is 1. The topological polar surface area (TPSA) is 73.3 Å². The number of fused-ring (bicyclic) bond motifs is 1. The van der Waals surface area contributed by atoms with Crippen LogP contribution < -0.4 is 0 Å². The van der Waals surface area contributed by atoms with E-state index in [0.29, 0.717) is 12.0 Å². The molecule has 0 radical (unpaired) electrons. The number of hydrogen-bond donors (Lipinski definition) is 3. The van der Waals surface area contributed by atoms with Gasteiger partial charge in [0.05, 0.1) is 5.56 Å². The van der Waals surface area contributed by atoms with E-state index in [1.54, 1.807) is 13.0 Å². The summed E-state index contributed by atoms with van der Waals surface area (Å²) in [5.41, 5.74) is 3.08. The highest BCUT2D eigenvalue weighted by molar-refractivity contribution is 5.96. The van der Waals surface area contributed by atoms with E-state index < -0.39 is 5.97 Å². The van der Waals surface area contributed by atoms with Crippen LogP contribution in [0.5, 0.6) is 0 Å². The minimum atomic E-state index is -0.904. The van der Waals surface area contributed by atoms with E-state index in [4.69, 9.17) is 10.2 Å². The standard InChI is InChI=1S/C13H15NO3/c1-8-5-12-11(6-10(8)13(16)17)9(7-14-12)3-2-4-15/h5-7,14-15H,2-4H2,1H3,(H,16,17). The predicted octanol–water partition coefficient (Wildman–Crippen LogP) is 2.10. The first kappa shape index (κ1) is 11.7. The molecule has 2 rings (SSSR count). The van der Waals surface area contributed by atoms with Crippen LogP contribution in [0.3, 0.4) is 0 Å². The Balaban J connectivity index is 2.51. The molecule has 3 N–H and O–H groups in total. The number of aromatic carboxylic acids is 1. The van der Waals surface area contributed by atoms with Crippen molar-refractivity contribution >= 4 is 16.9 Å². The van der Waals surface area contributed by atoms with Gasteiger partial charge in [-0.25, -0.2) is 4.79 Å². The van der Waals surface area contributed by atoms with Crippen molar-refractivity contribution in [3.05, 3.63) is 35.0 Å². The number of carboxylic acid groups (broad SMARTS) is 1. The molecule has 17 heavy (non-hydrogen) atoms. The summed E-state index contributed by atoms with van der Waals surface area (Å²) in [6.07, 6.45) is 3.31. The lowest BCUT2D eigenvalue weighted by Crippen LogP contribution is -1.99. The molecule has 0 saturated carbocycles. The highest BCUT2D eigenvalue weighted by Crippen LogP contribution is 2.23. The van der Waals surface area contributed by atoms with Crippen molar-refractivity contribution in [1.82, 2.24) is 4.98 Å². The average molecular weight is 233 g/mol. The van der Waals surface area contributed by atoms with E-state index in [1.165, 1.54) is 0 Å². The number of carboxylic acids is 1. The Hall–Kier alpha value is -1.81. The third-order valence-electron chi connectivity index (χ3n) is 2.95. The van der Waals surface area contributed by atoms with Gasteiger partial charge in [-0.05, 0) is 43.0 Å². The zero-order valence-electron chi connectivity index (χ0n) is 9.66. The number of hydrogen-bond acceptors (Lipinski definition) is 2. The molecule has 2 aromatic rings. The van der Waals surface area contributed by atoms with Crippen molar-refractivity contribution in [3.63, 3.8) is 0 Å². The number of benzene rings is 1. The minimum Gasteiger partial charge on any atom is -0.478 e. The zero-order chi connectivity index (χ0) is 12.4. The van der Waals surface area contributed by atoms with E-state index in [0.717, 1.165) is 28.5 Å². The number of nitrogens with one attached hydrogen (secondary N) is 1. The fraction of sp³-hybridized carbons (Fsp3) is 0.308. The number of aryl methyl sites for hydroxylation is 2. The molecule has 0 aliphatic rings. The van der Waals surface area contributed by atoms with Crippen LogP contribution in [0, 0.1) is 6.92 Å². The number of aromatic nitrogens is 1. The summed E-state index contributed by atoms with van der Waals surface area (Å²) >= 11 is 0. The number of rotatable bonds is 4. The van der Waals surface area contributed by atoms with Gasteiger partial charge in [-0.1, -0.05) is 0 Å². The Morgan fingerprint density at radius 3 is 2.82 bits per heavy atom. The second-order valence-corrected chi connectivity index (χ2v) is 4.16. The van der Waals surface area contributed by atoms with Gasteiger partial charge in [0.1, 0.15) is 0 Å². The predicted molar refractivity (Wildman–Crippen MR) is 65.4 cm³/mol. The van der Waals surface area contributed by atoms with E-state index in [9.17, 15) is 4.79 Å². The van der Waals surface area contributed by atoms with Crippen LogP contribution in [0.2, 0.25) is 0 Å². The lowest BCUT2D eigenvalue weighted by Gasteiger charge is -2.02. The smallest absolute Gasteiger partial charge is 0.335 e. The fourth-order valence-electron chi connectivity index (χ4n) is 2.04. The normalized spacial score (nSPS) is 10.9. The third-order valence-corrected chi connectivity index (χ3v) is 2.95. The maximum absolute atomic E-state index is 11.1. The van der Waals surface area contributed by atoms with Crippen LogP contribution >= 0.6 is 0 Å².